The number of amides is 1. The summed E-state index contributed by atoms with van der Waals surface area (Å²) in [5.41, 5.74) is 0.995. The number of nitrogens with one attached hydrogen (secondary N) is 1. The first-order valence-electron chi connectivity index (χ1n) is 6.36. The molecule has 0 radical (unpaired) electrons. The quantitative estimate of drug-likeness (QED) is 0.878. The van der Waals surface area contributed by atoms with E-state index in [1.807, 2.05) is 0 Å². The molecule has 1 aromatic rings. The van der Waals surface area contributed by atoms with Crippen molar-refractivity contribution < 1.29 is 9.18 Å². The lowest BCUT2D eigenvalue weighted by atomic mass is 9.74. The van der Waals surface area contributed by atoms with Gasteiger partial charge in [0.1, 0.15) is 5.82 Å². The molecule has 0 fully saturated rings. The van der Waals surface area contributed by atoms with Gasteiger partial charge < -0.3 is 5.32 Å². The van der Waals surface area contributed by atoms with Crippen molar-refractivity contribution in [1.82, 2.24) is 0 Å². The molecule has 0 saturated carbocycles. The number of carbonyl (C=O) groups is 1. The minimum Gasteiger partial charge on any atom is -0.324 e. The predicted octanol–water partition coefficient (Wildman–Crippen LogP) is 4.38. The first-order valence-corrected chi connectivity index (χ1v) is 7.15. The fourth-order valence-corrected chi connectivity index (χ4v) is 3.44. The molecule has 1 aromatic carbocycles. The van der Waals surface area contributed by atoms with Crippen LogP contribution in [0, 0.1) is 5.82 Å². The van der Waals surface area contributed by atoms with Gasteiger partial charge in [0.2, 0.25) is 5.91 Å². The molecular formula is C14H17BrFNO. The van der Waals surface area contributed by atoms with Crippen molar-refractivity contribution in [2.75, 3.05) is 5.32 Å². The predicted molar refractivity (Wildman–Crippen MR) is 74.2 cm³/mol. The normalized spacial score (nSPS) is 16.6. The SMILES string of the molecule is CCCC1(CCC)C(=O)Nc2c(Br)cc(F)cc21. The number of rotatable bonds is 4. The number of hydrogen-bond donors (Lipinski definition) is 1. The van der Waals surface area contributed by atoms with Crippen LogP contribution in [0.2, 0.25) is 0 Å². The number of anilines is 1. The van der Waals surface area contributed by atoms with E-state index in [1.165, 1.54) is 12.1 Å². The van der Waals surface area contributed by atoms with Gasteiger partial charge in [-0.1, -0.05) is 26.7 Å². The smallest absolute Gasteiger partial charge is 0.235 e. The number of benzene rings is 1. The molecule has 0 atom stereocenters. The van der Waals surface area contributed by atoms with Crippen LogP contribution < -0.4 is 5.32 Å². The second-order valence-corrected chi connectivity index (χ2v) is 5.70. The van der Waals surface area contributed by atoms with Gasteiger partial charge in [-0.3, -0.25) is 4.79 Å². The molecule has 2 nitrogen and oxygen atoms in total. The largest absolute Gasteiger partial charge is 0.324 e. The molecule has 1 aliphatic heterocycles. The number of hydrogen-bond acceptors (Lipinski definition) is 1. The van der Waals surface area contributed by atoms with Gasteiger partial charge in [0.05, 0.1) is 11.1 Å². The van der Waals surface area contributed by atoms with Crippen molar-refractivity contribution in [1.29, 1.82) is 0 Å². The highest BCUT2D eigenvalue weighted by Crippen LogP contribution is 2.47. The molecule has 0 saturated heterocycles. The van der Waals surface area contributed by atoms with Crippen LogP contribution in [0.1, 0.15) is 45.1 Å². The van der Waals surface area contributed by atoms with Gasteiger partial charge >= 0.3 is 0 Å². The van der Waals surface area contributed by atoms with Crippen molar-refractivity contribution in [3.8, 4) is 0 Å². The first kappa shape index (κ1) is 13.5. The number of halogens is 2. The second kappa shape index (κ2) is 5.00. The summed E-state index contributed by atoms with van der Waals surface area (Å²) in [6.45, 7) is 4.11. The van der Waals surface area contributed by atoms with E-state index in [4.69, 9.17) is 0 Å². The van der Waals surface area contributed by atoms with Crippen LogP contribution in [0.5, 0.6) is 0 Å². The summed E-state index contributed by atoms with van der Waals surface area (Å²) in [6.07, 6.45) is 3.33. The Kier molecular flexibility index (Phi) is 3.76. The van der Waals surface area contributed by atoms with Gasteiger partial charge in [-0.2, -0.15) is 0 Å². The molecule has 18 heavy (non-hydrogen) atoms. The fraction of sp³-hybridized carbons (Fsp3) is 0.500. The van der Waals surface area contributed by atoms with E-state index < -0.39 is 5.41 Å². The molecular weight excluding hydrogens is 297 g/mol. The topological polar surface area (TPSA) is 29.1 Å². The molecule has 0 aliphatic carbocycles. The van der Waals surface area contributed by atoms with Crippen LogP contribution >= 0.6 is 15.9 Å². The summed E-state index contributed by atoms with van der Waals surface area (Å²) in [4.78, 5) is 12.3. The maximum Gasteiger partial charge on any atom is 0.235 e. The van der Waals surface area contributed by atoms with Crippen LogP contribution in [0.25, 0.3) is 0 Å². The average molecular weight is 314 g/mol. The van der Waals surface area contributed by atoms with Crippen molar-refractivity contribution in [2.24, 2.45) is 0 Å². The Hall–Kier alpha value is -0.900. The Morgan fingerprint density at radius 2 is 1.89 bits per heavy atom. The first-order chi connectivity index (χ1) is 8.55. The monoisotopic (exact) mass is 313 g/mol. The maximum absolute atomic E-state index is 13.6. The Morgan fingerprint density at radius 1 is 1.28 bits per heavy atom. The number of carbonyl (C=O) groups excluding carboxylic acids is 1. The molecule has 4 heteroatoms. The van der Waals surface area contributed by atoms with Gasteiger partial charge in [-0.05, 0) is 46.5 Å². The van der Waals surface area contributed by atoms with Crippen molar-refractivity contribution in [2.45, 2.75) is 44.9 Å². The average Bonchev–Trinajstić information content (AvgIpc) is 2.56. The van der Waals surface area contributed by atoms with Crippen LogP contribution in [0.3, 0.4) is 0 Å². The van der Waals surface area contributed by atoms with E-state index in [0.29, 0.717) is 4.47 Å². The highest BCUT2D eigenvalue weighted by Gasteiger charge is 2.46. The highest BCUT2D eigenvalue weighted by molar-refractivity contribution is 9.10. The van der Waals surface area contributed by atoms with E-state index in [2.05, 4.69) is 35.1 Å². The molecule has 0 unspecified atom stereocenters. The van der Waals surface area contributed by atoms with Gasteiger partial charge in [0.25, 0.3) is 0 Å². The van der Waals surface area contributed by atoms with E-state index >= 15 is 0 Å². The Bertz CT molecular complexity index is 481. The zero-order valence-electron chi connectivity index (χ0n) is 10.6. The minimum atomic E-state index is -0.552. The van der Waals surface area contributed by atoms with Crippen LogP contribution in [-0.2, 0) is 10.2 Å². The van der Waals surface area contributed by atoms with E-state index in [0.717, 1.165) is 36.9 Å². The summed E-state index contributed by atoms with van der Waals surface area (Å²) in [6, 6.07) is 2.90. The maximum atomic E-state index is 13.6. The van der Waals surface area contributed by atoms with Crippen molar-refractivity contribution in [3.05, 3.63) is 28.0 Å². The molecule has 0 aromatic heterocycles. The van der Waals surface area contributed by atoms with E-state index in [-0.39, 0.29) is 11.7 Å². The Balaban J connectivity index is 2.60. The summed E-state index contributed by atoms with van der Waals surface area (Å²) in [5, 5.41) is 2.90. The summed E-state index contributed by atoms with van der Waals surface area (Å²) >= 11 is 3.32. The van der Waals surface area contributed by atoms with E-state index in [9.17, 15) is 9.18 Å². The lowest BCUT2D eigenvalue weighted by Crippen LogP contribution is -2.34. The third kappa shape index (κ3) is 1.96. The molecule has 1 aliphatic rings. The molecule has 1 N–H and O–H groups in total. The lowest BCUT2D eigenvalue weighted by molar-refractivity contribution is -0.121. The van der Waals surface area contributed by atoms with Gasteiger partial charge in [0, 0.05) is 4.47 Å². The molecule has 1 heterocycles. The number of fused-ring (bicyclic) bond motifs is 1. The van der Waals surface area contributed by atoms with Crippen LogP contribution in [-0.4, -0.2) is 5.91 Å². The second-order valence-electron chi connectivity index (χ2n) is 4.85. The third-order valence-corrected chi connectivity index (χ3v) is 4.22. The van der Waals surface area contributed by atoms with Gasteiger partial charge in [0.15, 0.2) is 0 Å². The zero-order chi connectivity index (χ0) is 13.3. The van der Waals surface area contributed by atoms with Crippen LogP contribution in [0.4, 0.5) is 10.1 Å². The van der Waals surface area contributed by atoms with Crippen molar-refractivity contribution >= 4 is 27.5 Å². The van der Waals surface area contributed by atoms with Crippen molar-refractivity contribution in [3.63, 3.8) is 0 Å². The third-order valence-electron chi connectivity index (χ3n) is 3.60. The van der Waals surface area contributed by atoms with E-state index in [1.54, 1.807) is 0 Å². The standard InChI is InChI=1S/C14H17BrFNO/c1-3-5-14(6-4-2)10-7-9(16)8-11(15)12(10)17-13(14)18/h7-8H,3-6H2,1-2H3,(H,17,18). The van der Waals surface area contributed by atoms with Gasteiger partial charge in [-0.25, -0.2) is 4.39 Å². The molecule has 1 amide bonds. The summed E-state index contributed by atoms with van der Waals surface area (Å²) < 4.78 is 14.2. The summed E-state index contributed by atoms with van der Waals surface area (Å²) in [7, 11) is 0. The zero-order valence-corrected chi connectivity index (χ0v) is 12.2. The lowest BCUT2D eigenvalue weighted by Gasteiger charge is -2.26. The van der Waals surface area contributed by atoms with Crippen LogP contribution in [0.15, 0.2) is 16.6 Å². The highest BCUT2D eigenvalue weighted by atomic mass is 79.9. The summed E-state index contributed by atoms with van der Waals surface area (Å²) in [5.74, 6) is -0.291. The van der Waals surface area contributed by atoms with Gasteiger partial charge in [-0.15, -0.1) is 0 Å². The molecule has 0 bridgehead atoms. The molecule has 2 rings (SSSR count). The molecule has 0 spiro atoms. The minimum absolute atomic E-state index is 0.00694. The Morgan fingerprint density at radius 3 is 2.44 bits per heavy atom. The Labute approximate surface area is 115 Å². The fourth-order valence-electron chi connectivity index (χ4n) is 2.91. The molecule has 98 valence electrons.